The molecule has 18 heavy (non-hydrogen) atoms. The third-order valence-electron chi connectivity index (χ3n) is 2.34. The second-order valence-electron chi connectivity index (χ2n) is 3.84. The second-order valence-corrected chi connectivity index (χ2v) is 3.84. The van der Waals surface area contributed by atoms with Crippen molar-refractivity contribution in [3.05, 3.63) is 35.4 Å². The van der Waals surface area contributed by atoms with E-state index in [4.69, 9.17) is 4.74 Å². The molecule has 3 nitrogen and oxygen atoms in total. The van der Waals surface area contributed by atoms with E-state index >= 15 is 0 Å². The number of halogens is 2. The van der Waals surface area contributed by atoms with Crippen LogP contribution in [0.15, 0.2) is 18.2 Å². The molecule has 1 aromatic carbocycles. The maximum Gasteiger partial charge on any atom is 0.327 e. The Labute approximate surface area is 105 Å². The number of carbonyl (C=O) groups excluding carboxylic acids is 1. The SMILES string of the molecule is CCCNC(C(=O)OCC)c1cc(F)cc(F)c1. The molecule has 0 aliphatic rings. The average Bonchev–Trinajstić information content (AvgIpc) is 2.28. The van der Waals surface area contributed by atoms with Crippen LogP contribution in [-0.2, 0) is 9.53 Å². The Morgan fingerprint density at radius 3 is 2.39 bits per heavy atom. The highest BCUT2D eigenvalue weighted by Gasteiger charge is 2.22. The standard InChI is InChI=1S/C13H17F2NO2/c1-3-5-16-12(13(17)18-4-2)9-6-10(14)8-11(15)7-9/h6-8,12,16H,3-5H2,1-2H3. The monoisotopic (exact) mass is 257 g/mol. The van der Waals surface area contributed by atoms with Crippen LogP contribution < -0.4 is 5.32 Å². The minimum Gasteiger partial charge on any atom is -0.465 e. The van der Waals surface area contributed by atoms with Crippen molar-refractivity contribution in [1.29, 1.82) is 0 Å². The molecule has 0 spiro atoms. The minimum atomic E-state index is -0.838. The number of esters is 1. The molecule has 0 saturated carbocycles. The van der Waals surface area contributed by atoms with Gasteiger partial charge in [-0.3, -0.25) is 0 Å². The number of hydrogen-bond acceptors (Lipinski definition) is 3. The lowest BCUT2D eigenvalue weighted by Crippen LogP contribution is -2.31. The molecule has 1 unspecified atom stereocenters. The molecule has 0 aromatic heterocycles. The smallest absolute Gasteiger partial charge is 0.327 e. The van der Waals surface area contributed by atoms with Crippen LogP contribution in [0.2, 0.25) is 0 Å². The highest BCUT2D eigenvalue weighted by atomic mass is 19.1. The molecule has 5 heteroatoms. The summed E-state index contributed by atoms with van der Waals surface area (Å²) in [5.41, 5.74) is 0.236. The quantitative estimate of drug-likeness (QED) is 0.796. The summed E-state index contributed by atoms with van der Waals surface area (Å²) >= 11 is 0. The van der Waals surface area contributed by atoms with Gasteiger partial charge in [0.15, 0.2) is 0 Å². The third-order valence-corrected chi connectivity index (χ3v) is 2.34. The van der Waals surface area contributed by atoms with E-state index in [9.17, 15) is 13.6 Å². The highest BCUT2D eigenvalue weighted by Crippen LogP contribution is 2.18. The van der Waals surface area contributed by atoms with E-state index in [2.05, 4.69) is 5.32 Å². The van der Waals surface area contributed by atoms with E-state index in [1.165, 1.54) is 0 Å². The number of hydrogen-bond donors (Lipinski definition) is 1. The maximum atomic E-state index is 13.1. The molecule has 0 bridgehead atoms. The van der Waals surface area contributed by atoms with Crippen LogP contribution in [0.1, 0.15) is 31.9 Å². The number of benzene rings is 1. The first kappa shape index (κ1) is 14.6. The molecule has 0 heterocycles. The second kappa shape index (κ2) is 7.06. The van der Waals surface area contributed by atoms with Gasteiger partial charge in [-0.1, -0.05) is 6.92 Å². The third kappa shape index (κ3) is 4.07. The zero-order chi connectivity index (χ0) is 13.5. The van der Waals surface area contributed by atoms with E-state index in [-0.39, 0.29) is 12.2 Å². The van der Waals surface area contributed by atoms with Gasteiger partial charge in [0.25, 0.3) is 0 Å². The average molecular weight is 257 g/mol. The van der Waals surface area contributed by atoms with Gasteiger partial charge in [-0.2, -0.15) is 0 Å². The van der Waals surface area contributed by atoms with Gasteiger partial charge in [0.2, 0.25) is 0 Å². The Bertz CT molecular complexity index is 390. The fourth-order valence-corrected chi connectivity index (χ4v) is 1.59. The Hall–Kier alpha value is -1.49. The lowest BCUT2D eigenvalue weighted by Gasteiger charge is -2.17. The Balaban J connectivity index is 2.96. The summed E-state index contributed by atoms with van der Waals surface area (Å²) in [4.78, 5) is 11.7. The van der Waals surface area contributed by atoms with Gasteiger partial charge in [-0.15, -0.1) is 0 Å². The van der Waals surface area contributed by atoms with E-state index in [0.717, 1.165) is 24.6 Å². The minimum absolute atomic E-state index is 0.223. The molecule has 1 rings (SSSR count). The van der Waals surface area contributed by atoms with Gasteiger partial charge in [0, 0.05) is 6.07 Å². The van der Waals surface area contributed by atoms with Crippen molar-refractivity contribution in [2.24, 2.45) is 0 Å². The molecule has 0 aliphatic carbocycles. The molecular weight excluding hydrogens is 240 g/mol. The van der Waals surface area contributed by atoms with Gasteiger partial charge < -0.3 is 10.1 Å². The molecule has 1 N–H and O–H groups in total. The first-order valence-corrected chi connectivity index (χ1v) is 5.94. The molecule has 100 valence electrons. The summed E-state index contributed by atoms with van der Waals surface area (Å²) in [6.45, 7) is 4.39. The van der Waals surface area contributed by atoms with E-state index in [0.29, 0.717) is 6.54 Å². The summed E-state index contributed by atoms with van der Waals surface area (Å²) in [6.07, 6.45) is 0.799. The number of nitrogens with one attached hydrogen (secondary N) is 1. The predicted octanol–water partition coefficient (Wildman–Crippen LogP) is 2.57. The fourth-order valence-electron chi connectivity index (χ4n) is 1.59. The lowest BCUT2D eigenvalue weighted by atomic mass is 10.1. The summed E-state index contributed by atoms with van der Waals surface area (Å²) in [7, 11) is 0. The fraction of sp³-hybridized carbons (Fsp3) is 0.462. The summed E-state index contributed by atoms with van der Waals surface area (Å²) in [6, 6.07) is 2.20. The zero-order valence-electron chi connectivity index (χ0n) is 10.5. The number of carbonyl (C=O) groups is 1. The Kier molecular flexibility index (Phi) is 5.71. The van der Waals surface area contributed by atoms with Gasteiger partial charge in [0.1, 0.15) is 17.7 Å². The van der Waals surface area contributed by atoms with Gasteiger partial charge in [-0.25, -0.2) is 13.6 Å². The first-order chi connectivity index (χ1) is 8.58. The summed E-state index contributed by atoms with van der Waals surface area (Å²) in [5.74, 6) is -1.95. The van der Waals surface area contributed by atoms with Crippen molar-refractivity contribution in [3.63, 3.8) is 0 Å². The Morgan fingerprint density at radius 1 is 1.28 bits per heavy atom. The maximum absolute atomic E-state index is 13.1. The lowest BCUT2D eigenvalue weighted by molar-refractivity contribution is -0.145. The number of rotatable bonds is 6. The van der Waals surface area contributed by atoms with Gasteiger partial charge in [-0.05, 0) is 37.6 Å². The largest absolute Gasteiger partial charge is 0.465 e. The van der Waals surface area contributed by atoms with E-state index < -0.39 is 23.6 Å². The summed E-state index contributed by atoms with van der Waals surface area (Å²) in [5, 5.41) is 2.92. The van der Waals surface area contributed by atoms with Crippen LogP contribution >= 0.6 is 0 Å². The van der Waals surface area contributed by atoms with Crippen LogP contribution in [0.3, 0.4) is 0 Å². The first-order valence-electron chi connectivity index (χ1n) is 5.94. The molecule has 1 atom stereocenters. The van der Waals surface area contributed by atoms with Gasteiger partial charge in [0.05, 0.1) is 6.61 Å². The Morgan fingerprint density at radius 2 is 1.89 bits per heavy atom. The zero-order valence-corrected chi connectivity index (χ0v) is 10.5. The van der Waals surface area contributed by atoms with Crippen molar-refractivity contribution in [2.45, 2.75) is 26.3 Å². The van der Waals surface area contributed by atoms with Crippen LogP contribution in [0.25, 0.3) is 0 Å². The van der Waals surface area contributed by atoms with Crippen molar-refractivity contribution in [1.82, 2.24) is 5.32 Å². The molecule has 0 aliphatic heterocycles. The molecule has 0 fully saturated rings. The van der Waals surface area contributed by atoms with Crippen molar-refractivity contribution >= 4 is 5.97 Å². The van der Waals surface area contributed by atoms with Crippen LogP contribution in [0.5, 0.6) is 0 Å². The molecule has 0 amide bonds. The predicted molar refractivity (Wildman–Crippen MR) is 64.0 cm³/mol. The van der Waals surface area contributed by atoms with Crippen LogP contribution in [-0.4, -0.2) is 19.1 Å². The van der Waals surface area contributed by atoms with Gasteiger partial charge >= 0.3 is 5.97 Å². The van der Waals surface area contributed by atoms with E-state index in [1.807, 2.05) is 6.92 Å². The normalized spacial score (nSPS) is 12.2. The van der Waals surface area contributed by atoms with Crippen molar-refractivity contribution in [2.75, 3.05) is 13.2 Å². The number of ether oxygens (including phenoxy) is 1. The summed E-state index contributed by atoms with van der Waals surface area (Å²) < 4.78 is 31.2. The molecule has 0 saturated heterocycles. The van der Waals surface area contributed by atoms with E-state index in [1.54, 1.807) is 6.92 Å². The van der Waals surface area contributed by atoms with Crippen molar-refractivity contribution in [3.8, 4) is 0 Å². The topological polar surface area (TPSA) is 38.3 Å². The van der Waals surface area contributed by atoms with Crippen molar-refractivity contribution < 1.29 is 18.3 Å². The highest BCUT2D eigenvalue weighted by molar-refractivity contribution is 5.77. The molecule has 0 radical (unpaired) electrons. The van der Waals surface area contributed by atoms with Crippen LogP contribution in [0, 0.1) is 11.6 Å². The molecule has 1 aromatic rings. The van der Waals surface area contributed by atoms with Crippen LogP contribution in [0.4, 0.5) is 8.78 Å². The molecular formula is C13H17F2NO2.